The lowest BCUT2D eigenvalue weighted by atomic mass is 10.0. The normalized spacial score (nSPS) is 11.5. The summed E-state index contributed by atoms with van der Waals surface area (Å²) in [6.07, 6.45) is 0.739. The molecule has 3 nitrogen and oxygen atoms in total. The molecule has 0 bridgehead atoms. The predicted octanol–water partition coefficient (Wildman–Crippen LogP) is 1.67. The average Bonchev–Trinajstić information content (AvgIpc) is 1.84. The lowest BCUT2D eigenvalue weighted by Gasteiger charge is -2.23. The average molecular weight is 160 g/mol. The number of carboxylic acid groups (broad SMARTS) is 1. The van der Waals surface area contributed by atoms with Crippen LogP contribution in [0.15, 0.2) is 0 Å². The Bertz CT molecular complexity index is 129. The van der Waals surface area contributed by atoms with Crippen LogP contribution < -0.4 is 0 Å². The Morgan fingerprint density at radius 1 is 1.55 bits per heavy atom. The highest BCUT2D eigenvalue weighted by atomic mass is 16.5. The van der Waals surface area contributed by atoms with E-state index in [4.69, 9.17) is 9.84 Å². The summed E-state index contributed by atoms with van der Waals surface area (Å²) >= 11 is 0. The second kappa shape index (κ2) is 4.34. The zero-order chi connectivity index (χ0) is 8.91. The van der Waals surface area contributed by atoms with Gasteiger partial charge in [0.2, 0.25) is 0 Å². The third kappa shape index (κ3) is 5.85. The van der Waals surface area contributed by atoms with Crippen molar-refractivity contribution in [1.82, 2.24) is 0 Å². The highest BCUT2D eigenvalue weighted by Crippen LogP contribution is 2.15. The highest BCUT2D eigenvalue weighted by Gasteiger charge is 2.18. The van der Waals surface area contributed by atoms with Crippen molar-refractivity contribution in [1.29, 1.82) is 0 Å². The third-order valence-electron chi connectivity index (χ3n) is 1.48. The first-order valence-electron chi connectivity index (χ1n) is 3.83. The Morgan fingerprint density at radius 3 is 2.45 bits per heavy atom. The van der Waals surface area contributed by atoms with E-state index in [1.54, 1.807) is 0 Å². The van der Waals surface area contributed by atoms with Crippen LogP contribution in [0.5, 0.6) is 0 Å². The van der Waals surface area contributed by atoms with Crippen LogP contribution in [0.4, 0.5) is 0 Å². The number of ether oxygens (including phenoxy) is 1. The molecule has 0 saturated heterocycles. The van der Waals surface area contributed by atoms with Gasteiger partial charge in [0.15, 0.2) is 0 Å². The van der Waals surface area contributed by atoms with E-state index in [9.17, 15) is 4.79 Å². The number of carboxylic acids is 1. The largest absolute Gasteiger partial charge is 0.481 e. The standard InChI is InChI=1S/C8H16O3/c1-4-11-8(2,3)6-5-7(9)10/h4-6H2,1-3H3,(H,9,10). The first kappa shape index (κ1) is 10.4. The Labute approximate surface area is 67.4 Å². The topological polar surface area (TPSA) is 46.5 Å². The summed E-state index contributed by atoms with van der Waals surface area (Å²) in [5.74, 6) is -0.766. The molecule has 0 unspecified atom stereocenters. The molecule has 0 aliphatic heterocycles. The van der Waals surface area contributed by atoms with Gasteiger partial charge < -0.3 is 9.84 Å². The molecule has 0 heterocycles. The van der Waals surface area contributed by atoms with Crippen LogP contribution in [-0.2, 0) is 9.53 Å². The van der Waals surface area contributed by atoms with Crippen molar-refractivity contribution in [2.75, 3.05) is 6.61 Å². The fourth-order valence-electron chi connectivity index (χ4n) is 0.871. The van der Waals surface area contributed by atoms with E-state index >= 15 is 0 Å². The van der Waals surface area contributed by atoms with E-state index in [1.165, 1.54) is 0 Å². The maximum absolute atomic E-state index is 10.2. The number of hydrogen-bond acceptors (Lipinski definition) is 2. The number of rotatable bonds is 5. The molecule has 0 aromatic heterocycles. The van der Waals surface area contributed by atoms with Crippen LogP contribution in [0.2, 0.25) is 0 Å². The number of carbonyl (C=O) groups is 1. The first-order chi connectivity index (χ1) is 4.98. The van der Waals surface area contributed by atoms with E-state index in [0.29, 0.717) is 13.0 Å². The maximum Gasteiger partial charge on any atom is 0.303 e. The Morgan fingerprint density at radius 2 is 2.09 bits per heavy atom. The van der Waals surface area contributed by atoms with Gasteiger partial charge in [-0.3, -0.25) is 4.79 Å². The molecule has 0 aromatic rings. The third-order valence-corrected chi connectivity index (χ3v) is 1.48. The van der Waals surface area contributed by atoms with Gasteiger partial charge >= 0.3 is 5.97 Å². The number of aliphatic carboxylic acids is 1. The van der Waals surface area contributed by atoms with Crippen molar-refractivity contribution in [3.05, 3.63) is 0 Å². The molecule has 0 spiro atoms. The zero-order valence-corrected chi connectivity index (χ0v) is 7.39. The quantitative estimate of drug-likeness (QED) is 0.665. The van der Waals surface area contributed by atoms with Crippen molar-refractivity contribution in [3.8, 4) is 0 Å². The Kier molecular flexibility index (Phi) is 4.11. The summed E-state index contributed by atoms with van der Waals surface area (Å²) in [4.78, 5) is 10.2. The van der Waals surface area contributed by atoms with Crippen molar-refractivity contribution in [3.63, 3.8) is 0 Å². The maximum atomic E-state index is 10.2. The molecule has 0 aliphatic carbocycles. The van der Waals surface area contributed by atoms with E-state index < -0.39 is 5.97 Å². The zero-order valence-electron chi connectivity index (χ0n) is 7.39. The van der Waals surface area contributed by atoms with E-state index in [2.05, 4.69) is 0 Å². The molecule has 0 rings (SSSR count). The second-order valence-electron chi connectivity index (χ2n) is 3.09. The lowest BCUT2D eigenvalue weighted by Crippen LogP contribution is -2.25. The van der Waals surface area contributed by atoms with Crippen LogP contribution >= 0.6 is 0 Å². The molecule has 1 N–H and O–H groups in total. The van der Waals surface area contributed by atoms with Gasteiger partial charge in [0.1, 0.15) is 0 Å². The van der Waals surface area contributed by atoms with Gasteiger partial charge in [0.25, 0.3) is 0 Å². The van der Waals surface area contributed by atoms with Crippen molar-refractivity contribution in [2.24, 2.45) is 0 Å². The summed E-state index contributed by atoms with van der Waals surface area (Å²) in [6.45, 7) is 6.34. The Hall–Kier alpha value is -0.570. The monoisotopic (exact) mass is 160 g/mol. The van der Waals surface area contributed by atoms with Gasteiger partial charge in [-0.1, -0.05) is 0 Å². The summed E-state index contributed by atoms with van der Waals surface area (Å²) in [7, 11) is 0. The summed E-state index contributed by atoms with van der Waals surface area (Å²) in [5.41, 5.74) is -0.298. The molecular weight excluding hydrogens is 144 g/mol. The fraction of sp³-hybridized carbons (Fsp3) is 0.875. The summed E-state index contributed by atoms with van der Waals surface area (Å²) in [5, 5.41) is 8.39. The molecule has 0 aliphatic rings. The molecule has 66 valence electrons. The molecule has 0 atom stereocenters. The molecule has 3 heteroatoms. The minimum atomic E-state index is -0.766. The number of hydrogen-bond donors (Lipinski definition) is 1. The van der Waals surface area contributed by atoms with E-state index in [0.717, 1.165) is 0 Å². The van der Waals surface area contributed by atoms with Gasteiger partial charge in [0, 0.05) is 13.0 Å². The molecule has 0 radical (unpaired) electrons. The van der Waals surface area contributed by atoms with Gasteiger partial charge in [-0.15, -0.1) is 0 Å². The predicted molar refractivity (Wildman–Crippen MR) is 42.6 cm³/mol. The van der Waals surface area contributed by atoms with Crippen LogP contribution in [0.25, 0.3) is 0 Å². The minimum Gasteiger partial charge on any atom is -0.481 e. The molecule has 0 aromatic carbocycles. The SMILES string of the molecule is CCOC(C)(C)CCC(=O)O. The van der Waals surface area contributed by atoms with Crippen LogP contribution in [0.1, 0.15) is 33.6 Å². The van der Waals surface area contributed by atoms with Gasteiger partial charge in [0.05, 0.1) is 5.60 Å². The fourth-order valence-corrected chi connectivity index (χ4v) is 0.871. The molecule has 0 fully saturated rings. The Balaban J connectivity index is 3.63. The molecular formula is C8H16O3. The smallest absolute Gasteiger partial charge is 0.303 e. The molecule has 0 amide bonds. The van der Waals surface area contributed by atoms with Crippen LogP contribution in [0.3, 0.4) is 0 Å². The van der Waals surface area contributed by atoms with Crippen LogP contribution in [0, 0.1) is 0 Å². The lowest BCUT2D eigenvalue weighted by molar-refractivity contribution is -0.138. The highest BCUT2D eigenvalue weighted by molar-refractivity contribution is 5.66. The van der Waals surface area contributed by atoms with E-state index in [1.807, 2.05) is 20.8 Å². The van der Waals surface area contributed by atoms with Gasteiger partial charge in [-0.05, 0) is 27.2 Å². The van der Waals surface area contributed by atoms with Gasteiger partial charge in [-0.25, -0.2) is 0 Å². The van der Waals surface area contributed by atoms with Gasteiger partial charge in [-0.2, -0.15) is 0 Å². The summed E-state index contributed by atoms with van der Waals surface area (Å²) in [6, 6.07) is 0. The minimum absolute atomic E-state index is 0.174. The van der Waals surface area contributed by atoms with Crippen molar-refractivity contribution < 1.29 is 14.6 Å². The molecule has 0 saturated carbocycles. The molecule has 11 heavy (non-hydrogen) atoms. The van der Waals surface area contributed by atoms with Crippen molar-refractivity contribution >= 4 is 5.97 Å². The summed E-state index contributed by atoms with van der Waals surface area (Å²) < 4.78 is 5.32. The van der Waals surface area contributed by atoms with Crippen molar-refractivity contribution in [2.45, 2.75) is 39.2 Å². The second-order valence-corrected chi connectivity index (χ2v) is 3.09. The van der Waals surface area contributed by atoms with E-state index in [-0.39, 0.29) is 12.0 Å². The first-order valence-corrected chi connectivity index (χ1v) is 3.83. The van der Waals surface area contributed by atoms with Crippen LogP contribution in [-0.4, -0.2) is 23.3 Å².